The van der Waals surface area contributed by atoms with Gasteiger partial charge in [-0.3, -0.25) is 4.79 Å². The number of nitrogens with zero attached hydrogens (tertiary/aromatic N) is 2. The fourth-order valence-corrected chi connectivity index (χ4v) is 2.79. The van der Waals surface area contributed by atoms with Crippen LogP contribution in [-0.2, 0) is 11.2 Å². The predicted octanol–water partition coefficient (Wildman–Crippen LogP) is 4.34. The molecule has 1 aromatic heterocycles. The number of hydrogen-bond donors (Lipinski definition) is 1. The van der Waals surface area contributed by atoms with Gasteiger partial charge in [-0.15, -0.1) is 10.2 Å². The number of nitrogens with one attached hydrogen (secondary N) is 1. The second-order valence-corrected chi connectivity index (χ2v) is 6.55. The second kappa shape index (κ2) is 7.98. The average molecular weight is 353 g/mol. The van der Waals surface area contributed by atoms with E-state index in [-0.39, 0.29) is 11.7 Å². The van der Waals surface area contributed by atoms with Gasteiger partial charge in [-0.1, -0.05) is 48.5 Å². The minimum atomic E-state index is -0.107. The van der Waals surface area contributed by atoms with Crippen LogP contribution in [-0.4, -0.2) is 21.9 Å². The van der Waals surface area contributed by atoms with Crippen molar-refractivity contribution in [1.82, 2.24) is 10.2 Å². The molecule has 0 saturated heterocycles. The summed E-state index contributed by atoms with van der Waals surface area (Å²) in [6.45, 7) is 4.12. The number of aryl methyl sites for hydroxylation is 2. The molecule has 128 valence electrons. The molecule has 1 N–H and O–H groups in total. The number of hydrogen-bond acceptors (Lipinski definition) is 5. The number of thioether (sulfide) groups is 1. The van der Waals surface area contributed by atoms with E-state index in [0.717, 1.165) is 17.7 Å². The first-order chi connectivity index (χ1) is 12.1. The lowest BCUT2D eigenvalue weighted by molar-refractivity contribution is -0.113. The fraction of sp³-hybridized carbons (Fsp3) is 0.211. The van der Waals surface area contributed by atoms with Crippen molar-refractivity contribution < 1.29 is 9.21 Å². The van der Waals surface area contributed by atoms with Crippen LogP contribution < -0.4 is 5.32 Å². The maximum atomic E-state index is 12.0. The van der Waals surface area contributed by atoms with E-state index in [0.29, 0.717) is 11.1 Å². The zero-order valence-corrected chi connectivity index (χ0v) is 15.0. The van der Waals surface area contributed by atoms with Crippen LogP contribution in [0.2, 0.25) is 0 Å². The highest BCUT2D eigenvalue weighted by molar-refractivity contribution is 7.99. The number of aromatic nitrogens is 2. The molecule has 0 aliphatic heterocycles. The van der Waals surface area contributed by atoms with Gasteiger partial charge < -0.3 is 9.73 Å². The molecule has 5 nitrogen and oxygen atoms in total. The Bertz CT molecular complexity index is 842. The highest BCUT2D eigenvalue weighted by Crippen LogP contribution is 2.23. The maximum Gasteiger partial charge on any atom is 0.277 e. The summed E-state index contributed by atoms with van der Waals surface area (Å²) in [5.74, 6) is 0.563. The molecule has 0 saturated carbocycles. The minimum absolute atomic E-state index is 0.107. The first kappa shape index (κ1) is 17.2. The molecule has 0 unspecified atom stereocenters. The third kappa shape index (κ3) is 4.70. The lowest BCUT2D eigenvalue weighted by Crippen LogP contribution is -2.13. The average Bonchev–Trinajstić information content (AvgIpc) is 3.10. The van der Waals surface area contributed by atoms with E-state index in [1.807, 2.05) is 55.5 Å². The normalized spacial score (nSPS) is 10.6. The maximum absolute atomic E-state index is 12.0. The van der Waals surface area contributed by atoms with Crippen LogP contribution in [0.5, 0.6) is 0 Å². The summed E-state index contributed by atoms with van der Waals surface area (Å²) in [6, 6.07) is 15.7. The lowest BCUT2D eigenvalue weighted by Gasteiger charge is -2.04. The first-order valence-electron chi connectivity index (χ1n) is 8.06. The quantitative estimate of drug-likeness (QED) is 0.668. The van der Waals surface area contributed by atoms with Gasteiger partial charge in [0.15, 0.2) is 0 Å². The third-order valence-corrected chi connectivity index (χ3v) is 4.50. The van der Waals surface area contributed by atoms with E-state index in [1.165, 1.54) is 22.9 Å². The second-order valence-electron chi connectivity index (χ2n) is 5.63. The number of amides is 1. The summed E-state index contributed by atoms with van der Waals surface area (Å²) in [5, 5.41) is 11.3. The van der Waals surface area contributed by atoms with E-state index in [4.69, 9.17) is 4.42 Å². The highest BCUT2D eigenvalue weighted by atomic mass is 32.2. The van der Waals surface area contributed by atoms with Crippen molar-refractivity contribution in [2.24, 2.45) is 0 Å². The number of carbonyl (C=O) groups excluding carboxylic acids is 1. The smallest absolute Gasteiger partial charge is 0.277 e. The Morgan fingerprint density at radius 3 is 2.48 bits per heavy atom. The minimum Gasteiger partial charge on any atom is -0.411 e. The molecule has 25 heavy (non-hydrogen) atoms. The van der Waals surface area contributed by atoms with Gasteiger partial charge in [0.2, 0.25) is 11.8 Å². The molecule has 6 heteroatoms. The summed E-state index contributed by atoms with van der Waals surface area (Å²) >= 11 is 1.22. The van der Waals surface area contributed by atoms with Gasteiger partial charge in [-0.05, 0) is 43.2 Å². The predicted molar refractivity (Wildman–Crippen MR) is 99.6 cm³/mol. The van der Waals surface area contributed by atoms with Crippen molar-refractivity contribution >= 4 is 23.4 Å². The molecule has 3 aromatic rings. The topological polar surface area (TPSA) is 68.0 Å². The van der Waals surface area contributed by atoms with Gasteiger partial charge in [-0.2, -0.15) is 0 Å². The molecule has 1 amide bonds. The van der Waals surface area contributed by atoms with E-state index in [1.54, 1.807) is 0 Å². The van der Waals surface area contributed by atoms with Gasteiger partial charge in [0.05, 0.1) is 5.75 Å². The monoisotopic (exact) mass is 353 g/mol. The number of anilines is 1. The van der Waals surface area contributed by atoms with Gasteiger partial charge in [0.1, 0.15) is 0 Å². The standard InChI is InChI=1S/C19H19N3O2S/c1-3-14-6-10-16(11-7-14)20-17(23)12-25-19-22-21-18(24-19)15-8-4-13(2)5-9-15/h4-11H,3,12H2,1-2H3,(H,20,23). The van der Waals surface area contributed by atoms with E-state index in [2.05, 4.69) is 22.4 Å². The molecule has 1 heterocycles. The lowest BCUT2D eigenvalue weighted by atomic mass is 10.1. The van der Waals surface area contributed by atoms with Crippen LogP contribution in [0, 0.1) is 6.92 Å². The van der Waals surface area contributed by atoms with Crippen molar-refractivity contribution in [1.29, 1.82) is 0 Å². The van der Waals surface area contributed by atoms with Gasteiger partial charge in [0, 0.05) is 11.3 Å². The van der Waals surface area contributed by atoms with Crippen LogP contribution >= 0.6 is 11.8 Å². The number of rotatable bonds is 6. The third-order valence-electron chi connectivity index (χ3n) is 3.68. The zero-order chi connectivity index (χ0) is 17.6. The Morgan fingerprint density at radius 1 is 1.08 bits per heavy atom. The Balaban J connectivity index is 1.54. The van der Waals surface area contributed by atoms with Crippen molar-refractivity contribution in [3.8, 4) is 11.5 Å². The molecule has 0 fully saturated rings. The molecule has 0 spiro atoms. The van der Waals surface area contributed by atoms with Crippen molar-refractivity contribution in [3.63, 3.8) is 0 Å². The molecule has 2 aromatic carbocycles. The Labute approximate surface area is 150 Å². The summed E-state index contributed by atoms with van der Waals surface area (Å²) in [7, 11) is 0. The van der Waals surface area contributed by atoms with Crippen LogP contribution in [0.3, 0.4) is 0 Å². The van der Waals surface area contributed by atoms with Gasteiger partial charge >= 0.3 is 0 Å². The molecular formula is C19H19N3O2S. The summed E-state index contributed by atoms with van der Waals surface area (Å²) in [5.41, 5.74) is 4.06. The zero-order valence-electron chi connectivity index (χ0n) is 14.2. The van der Waals surface area contributed by atoms with Crippen LogP contribution in [0.1, 0.15) is 18.1 Å². The van der Waals surface area contributed by atoms with E-state index >= 15 is 0 Å². The van der Waals surface area contributed by atoms with E-state index < -0.39 is 0 Å². The van der Waals surface area contributed by atoms with Crippen molar-refractivity contribution in [3.05, 3.63) is 59.7 Å². The number of benzene rings is 2. The highest BCUT2D eigenvalue weighted by Gasteiger charge is 2.11. The largest absolute Gasteiger partial charge is 0.411 e. The van der Waals surface area contributed by atoms with Gasteiger partial charge in [0.25, 0.3) is 5.22 Å². The van der Waals surface area contributed by atoms with E-state index in [9.17, 15) is 4.79 Å². The van der Waals surface area contributed by atoms with Gasteiger partial charge in [-0.25, -0.2) is 0 Å². The Kier molecular flexibility index (Phi) is 5.50. The first-order valence-corrected chi connectivity index (χ1v) is 9.04. The summed E-state index contributed by atoms with van der Waals surface area (Å²) < 4.78 is 5.60. The van der Waals surface area contributed by atoms with Crippen LogP contribution in [0.25, 0.3) is 11.5 Å². The molecule has 0 aliphatic rings. The summed E-state index contributed by atoms with van der Waals surface area (Å²) in [4.78, 5) is 12.0. The molecule has 0 radical (unpaired) electrons. The molecule has 0 aliphatic carbocycles. The van der Waals surface area contributed by atoms with Crippen molar-refractivity contribution in [2.75, 3.05) is 11.1 Å². The molecule has 3 rings (SSSR count). The Morgan fingerprint density at radius 2 is 1.80 bits per heavy atom. The fourth-order valence-electron chi connectivity index (χ4n) is 2.23. The van der Waals surface area contributed by atoms with Crippen LogP contribution in [0.15, 0.2) is 58.2 Å². The Hall–Kier alpha value is -2.60. The molecule has 0 bridgehead atoms. The molecular weight excluding hydrogens is 334 g/mol. The SMILES string of the molecule is CCc1ccc(NC(=O)CSc2nnc(-c3ccc(C)cc3)o2)cc1. The number of carbonyl (C=O) groups is 1. The van der Waals surface area contributed by atoms with Crippen LogP contribution in [0.4, 0.5) is 5.69 Å². The van der Waals surface area contributed by atoms with Crippen molar-refractivity contribution in [2.45, 2.75) is 25.5 Å². The molecule has 0 atom stereocenters. The summed E-state index contributed by atoms with van der Waals surface area (Å²) in [6.07, 6.45) is 0.977.